The molecular formula is C24H31N5. The molecule has 0 amide bonds. The second kappa shape index (κ2) is 8.29. The van der Waals surface area contributed by atoms with Crippen molar-refractivity contribution in [3.8, 4) is 0 Å². The van der Waals surface area contributed by atoms with E-state index in [4.69, 9.17) is 4.98 Å². The summed E-state index contributed by atoms with van der Waals surface area (Å²) >= 11 is 0. The molecule has 4 rings (SSSR count). The molecule has 5 heteroatoms. The third-order valence-corrected chi connectivity index (χ3v) is 5.98. The average molecular weight is 390 g/mol. The van der Waals surface area contributed by atoms with E-state index in [1.807, 2.05) is 13.2 Å². The van der Waals surface area contributed by atoms with Gasteiger partial charge in [0.25, 0.3) is 0 Å². The molecule has 0 aliphatic carbocycles. The third kappa shape index (κ3) is 4.01. The number of hydrogen-bond acceptors (Lipinski definition) is 4. The molecule has 1 fully saturated rings. The van der Waals surface area contributed by atoms with Gasteiger partial charge in [-0.25, -0.2) is 4.98 Å². The van der Waals surface area contributed by atoms with E-state index in [0.29, 0.717) is 6.04 Å². The van der Waals surface area contributed by atoms with Crippen molar-refractivity contribution in [2.45, 2.75) is 26.4 Å². The first-order chi connectivity index (χ1) is 14.1. The lowest BCUT2D eigenvalue weighted by Gasteiger charge is -2.38. The van der Waals surface area contributed by atoms with Gasteiger partial charge in [-0.1, -0.05) is 30.8 Å². The highest BCUT2D eigenvalue weighted by molar-refractivity contribution is 5.90. The second-order valence-corrected chi connectivity index (χ2v) is 8.05. The van der Waals surface area contributed by atoms with E-state index in [1.54, 1.807) is 0 Å². The van der Waals surface area contributed by atoms with Gasteiger partial charge in [-0.15, -0.1) is 0 Å². The number of fused-ring (bicyclic) bond motifs is 1. The smallest absolute Gasteiger partial charge is 0.142 e. The van der Waals surface area contributed by atoms with Crippen LogP contribution >= 0.6 is 0 Å². The molecule has 3 heterocycles. The highest BCUT2D eigenvalue weighted by Crippen LogP contribution is 2.28. The predicted molar refractivity (Wildman–Crippen MR) is 122 cm³/mol. The maximum Gasteiger partial charge on any atom is 0.142 e. The Balaban J connectivity index is 1.54. The van der Waals surface area contributed by atoms with Crippen LogP contribution in [0.25, 0.3) is 16.7 Å². The first-order valence-corrected chi connectivity index (χ1v) is 10.5. The van der Waals surface area contributed by atoms with Gasteiger partial charge < -0.3 is 14.8 Å². The lowest BCUT2D eigenvalue weighted by molar-refractivity contribution is 0.209. The van der Waals surface area contributed by atoms with Crippen molar-refractivity contribution in [3.63, 3.8) is 0 Å². The number of benzene rings is 1. The molecule has 0 spiro atoms. The Kier molecular flexibility index (Phi) is 5.58. The molecule has 3 aromatic rings. The Morgan fingerprint density at radius 3 is 2.45 bits per heavy atom. The number of piperazine rings is 1. The maximum atomic E-state index is 4.70. The number of rotatable bonds is 6. The van der Waals surface area contributed by atoms with Crippen LogP contribution in [0.4, 0.5) is 5.69 Å². The van der Waals surface area contributed by atoms with E-state index in [9.17, 15) is 0 Å². The van der Waals surface area contributed by atoms with E-state index >= 15 is 0 Å². The molecular weight excluding hydrogens is 358 g/mol. The molecule has 1 aliphatic heterocycles. The fraction of sp³-hybridized carbons (Fsp3) is 0.375. The molecule has 152 valence electrons. The Labute approximate surface area is 173 Å². The van der Waals surface area contributed by atoms with E-state index in [2.05, 4.69) is 82.7 Å². The van der Waals surface area contributed by atoms with Crippen molar-refractivity contribution in [3.05, 3.63) is 66.5 Å². The molecule has 0 saturated carbocycles. The lowest BCUT2D eigenvalue weighted by atomic mass is 10.1. The summed E-state index contributed by atoms with van der Waals surface area (Å²) in [5.74, 6) is 0. The van der Waals surface area contributed by atoms with Crippen molar-refractivity contribution in [1.82, 2.24) is 19.8 Å². The summed E-state index contributed by atoms with van der Waals surface area (Å²) < 4.78 is 2.24. The first-order valence-electron chi connectivity index (χ1n) is 10.5. The van der Waals surface area contributed by atoms with Gasteiger partial charge >= 0.3 is 0 Å². The van der Waals surface area contributed by atoms with Crippen LogP contribution in [0.1, 0.15) is 25.0 Å². The quantitative estimate of drug-likeness (QED) is 0.696. The highest BCUT2D eigenvalue weighted by atomic mass is 15.3. The summed E-state index contributed by atoms with van der Waals surface area (Å²) in [7, 11) is 1.90. The molecule has 0 radical (unpaired) electrons. The molecule has 1 N–H and O–H groups in total. The SMILES string of the molecule is C=C(NC)c1ccc(Cn2ccc3c(N4CCN(C(C)C)CC4)ccnc32)cc1. The van der Waals surface area contributed by atoms with Crippen molar-refractivity contribution < 1.29 is 0 Å². The van der Waals surface area contributed by atoms with Crippen LogP contribution in [-0.2, 0) is 6.54 Å². The van der Waals surface area contributed by atoms with Gasteiger partial charge in [-0.05, 0) is 37.1 Å². The van der Waals surface area contributed by atoms with E-state index in [1.165, 1.54) is 16.6 Å². The maximum absolute atomic E-state index is 4.70. The lowest BCUT2D eigenvalue weighted by Crippen LogP contribution is -2.48. The van der Waals surface area contributed by atoms with Gasteiger partial charge in [0.05, 0.1) is 0 Å². The zero-order valence-electron chi connectivity index (χ0n) is 17.7. The largest absolute Gasteiger partial charge is 0.388 e. The summed E-state index contributed by atoms with van der Waals surface area (Å²) in [6.45, 7) is 13.8. The van der Waals surface area contributed by atoms with E-state index < -0.39 is 0 Å². The topological polar surface area (TPSA) is 36.3 Å². The van der Waals surface area contributed by atoms with Crippen LogP contribution in [0.3, 0.4) is 0 Å². The van der Waals surface area contributed by atoms with Crippen LogP contribution in [0.15, 0.2) is 55.4 Å². The number of pyridine rings is 1. The van der Waals surface area contributed by atoms with Gasteiger partial charge in [0.15, 0.2) is 0 Å². The minimum Gasteiger partial charge on any atom is -0.388 e. The summed E-state index contributed by atoms with van der Waals surface area (Å²) in [6, 6.07) is 13.6. The average Bonchev–Trinajstić information content (AvgIpc) is 3.16. The van der Waals surface area contributed by atoms with Crippen molar-refractivity contribution >= 4 is 22.4 Å². The van der Waals surface area contributed by atoms with Crippen LogP contribution in [0.2, 0.25) is 0 Å². The van der Waals surface area contributed by atoms with Gasteiger partial charge in [0.2, 0.25) is 0 Å². The van der Waals surface area contributed by atoms with Crippen LogP contribution < -0.4 is 10.2 Å². The standard InChI is InChI=1S/C24H31N5/c1-18(2)27-13-15-28(16-14-27)23-9-11-26-24-22(23)10-12-29(24)17-20-5-7-21(8-6-20)19(3)25-4/h5-12,18,25H,3,13-17H2,1-2,4H3. The Bertz CT molecular complexity index is 978. The van der Waals surface area contributed by atoms with Crippen molar-refractivity contribution in [1.29, 1.82) is 0 Å². The van der Waals surface area contributed by atoms with Crippen LogP contribution in [0.5, 0.6) is 0 Å². The molecule has 29 heavy (non-hydrogen) atoms. The van der Waals surface area contributed by atoms with Crippen molar-refractivity contribution in [2.75, 3.05) is 38.1 Å². The number of nitrogens with zero attached hydrogens (tertiary/aromatic N) is 4. The van der Waals surface area contributed by atoms with Gasteiger partial charge in [0, 0.05) is 75.0 Å². The Morgan fingerprint density at radius 2 is 1.79 bits per heavy atom. The summed E-state index contributed by atoms with van der Waals surface area (Å²) in [5.41, 5.74) is 5.67. The molecule has 0 bridgehead atoms. The molecule has 1 aromatic carbocycles. The van der Waals surface area contributed by atoms with Gasteiger partial charge in [0.1, 0.15) is 5.65 Å². The Morgan fingerprint density at radius 1 is 1.07 bits per heavy atom. The number of aromatic nitrogens is 2. The predicted octanol–water partition coefficient (Wildman–Crippen LogP) is 3.81. The molecule has 5 nitrogen and oxygen atoms in total. The molecule has 0 unspecified atom stereocenters. The first kappa shape index (κ1) is 19.5. The van der Waals surface area contributed by atoms with Crippen LogP contribution in [-0.4, -0.2) is 53.7 Å². The van der Waals surface area contributed by atoms with Gasteiger partial charge in [-0.2, -0.15) is 0 Å². The number of anilines is 1. The minimum absolute atomic E-state index is 0.618. The highest BCUT2D eigenvalue weighted by Gasteiger charge is 2.21. The monoisotopic (exact) mass is 389 g/mol. The molecule has 0 atom stereocenters. The van der Waals surface area contributed by atoms with E-state index in [-0.39, 0.29) is 0 Å². The fourth-order valence-corrected chi connectivity index (χ4v) is 4.11. The number of hydrogen-bond donors (Lipinski definition) is 1. The second-order valence-electron chi connectivity index (χ2n) is 8.05. The van der Waals surface area contributed by atoms with Gasteiger partial charge in [-0.3, -0.25) is 4.90 Å². The van der Waals surface area contributed by atoms with Crippen molar-refractivity contribution in [2.24, 2.45) is 0 Å². The number of nitrogens with one attached hydrogen (secondary N) is 1. The van der Waals surface area contributed by atoms with Crippen LogP contribution in [0, 0.1) is 0 Å². The summed E-state index contributed by atoms with van der Waals surface area (Å²) in [4.78, 5) is 9.75. The van der Waals surface area contributed by atoms with E-state index in [0.717, 1.165) is 49.6 Å². The normalized spacial score (nSPS) is 15.2. The Hall–Kier alpha value is -2.79. The molecule has 2 aromatic heterocycles. The summed E-state index contributed by atoms with van der Waals surface area (Å²) in [6.07, 6.45) is 4.11. The summed E-state index contributed by atoms with van der Waals surface area (Å²) in [5, 5.41) is 4.34. The zero-order chi connectivity index (χ0) is 20.4. The molecule has 1 aliphatic rings. The minimum atomic E-state index is 0.618. The third-order valence-electron chi connectivity index (χ3n) is 5.98. The molecule has 1 saturated heterocycles. The zero-order valence-corrected chi connectivity index (χ0v) is 17.7. The fourth-order valence-electron chi connectivity index (χ4n) is 4.11.